The van der Waals surface area contributed by atoms with Crippen LogP contribution in [0.15, 0.2) is 42.5 Å². The van der Waals surface area contributed by atoms with Crippen molar-refractivity contribution in [2.45, 2.75) is 58.0 Å². The first-order valence-electron chi connectivity index (χ1n) is 14.4. The molecule has 0 aliphatic carbocycles. The van der Waals surface area contributed by atoms with Gasteiger partial charge in [-0.05, 0) is 86.8 Å². The van der Waals surface area contributed by atoms with Crippen LogP contribution in [0.4, 0.5) is 5.69 Å². The molecule has 39 heavy (non-hydrogen) atoms. The lowest BCUT2D eigenvalue weighted by molar-refractivity contribution is -0.122. The van der Waals surface area contributed by atoms with Gasteiger partial charge in [0.1, 0.15) is 19.0 Å². The van der Waals surface area contributed by atoms with E-state index in [2.05, 4.69) is 21.9 Å². The number of hydrogen-bond acceptors (Lipinski definition) is 6. The molecule has 8 nitrogen and oxygen atoms in total. The average molecular weight is 538 g/mol. The van der Waals surface area contributed by atoms with E-state index < -0.39 is 5.97 Å². The largest absolute Gasteiger partial charge is 0.492 e. The van der Waals surface area contributed by atoms with E-state index in [0.29, 0.717) is 26.2 Å². The third-order valence-corrected chi connectivity index (χ3v) is 7.62. The molecular weight excluding hydrogens is 494 g/mol. The van der Waals surface area contributed by atoms with E-state index in [1.54, 1.807) is 23.1 Å². The molecule has 1 N–H and O–H groups in total. The molecule has 2 heterocycles. The summed E-state index contributed by atoms with van der Waals surface area (Å²) in [5, 5.41) is 9.70. The zero-order valence-electron chi connectivity index (χ0n) is 23.3. The molecule has 8 heteroatoms. The van der Waals surface area contributed by atoms with E-state index in [1.165, 1.54) is 20.0 Å². The number of carbonyl (C=O) groups excluding carboxylic acids is 1. The molecule has 2 aliphatic rings. The molecule has 1 fully saturated rings. The molecule has 4 rings (SSSR count). The van der Waals surface area contributed by atoms with Gasteiger partial charge in [-0.3, -0.25) is 14.6 Å². The highest BCUT2D eigenvalue weighted by molar-refractivity contribution is 5.96. The predicted octanol–water partition coefficient (Wildman–Crippen LogP) is 4.81. The predicted molar refractivity (Wildman–Crippen MR) is 152 cm³/mol. The molecule has 1 saturated heterocycles. The van der Waals surface area contributed by atoms with Crippen LogP contribution >= 0.6 is 0 Å². The molecule has 0 aromatic heterocycles. The number of carboxylic acids is 1. The second kappa shape index (κ2) is 15.0. The Labute approximate surface area is 232 Å². The Balaban J connectivity index is 1.54. The Kier molecular flexibility index (Phi) is 11.2. The second-order valence-electron chi connectivity index (χ2n) is 10.7. The minimum absolute atomic E-state index is 0.00557. The van der Waals surface area contributed by atoms with E-state index >= 15 is 0 Å². The number of likely N-dealkylation sites (tertiary alicyclic amines) is 1. The lowest BCUT2D eigenvalue weighted by Gasteiger charge is -2.29. The van der Waals surface area contributed by atoms with Gasteiger partial charge in [0.25, 0.3) is 5.91 Å². The third kappa shape index (κ3) is 8.78. The number of rotatable bonds is 9. The van der Waals surface area contributed by atoms with Gasteiger partial charge in [-0.1, -0.05) is 31.4 Å². The lowest BCUT2D eigenvalue weighted by Crippen LogP contribution is -2.36. The standard InChI is InChI=1S/C31H43N3O5/c1-38-24-30(35)34-17-6-4-2-3-5-16-33(23-27-21-26(31(36)37)12-13-29(27)34)22-25-10-9-11-28(20-25)39-19-18-32-14-7-8-15-32/h9-13,20-21H,2-8,14-19,22-24H2,1H3,(H,36,37). The highest BCUT2D eigenvalue weighted by Crippen LogP contribution is 2.27. The number of amides is 1. The van der Waals surface area contributed by atoms with Crippen molar-refractivity contribution < 1.29 is 24.2 Å². The van der Waals surface area contributed by atoms with Crippen molar-refractivity contribution >= 4 is 17.6 Å². The highest BCUT2D eigenvalue weighted by Gasteiger charge is 2.22. The maximum Gasteiger partial charge on any atom is 0.335 e. The third-order valence-electron chi connectivity index (χ3n) is 7.62. The molecule has 2 aliphatic heterocycles. The second-order valence-corrected chi connectivity index (χ2v) is 10.7. The molecule has 0 saturated carbocycles. The summed E-state index contributed by atoms with van der Waals surface area (Å²) in [5.41, 5.74) is 3.00. The van der Waals surface area contributed by atoms with Gasteiger partial charge < -0.3 is 19.5 Å². The molecule has 0 bridgehead atoms. The molecule has 2 aromatic carbocycles. The summed E-state index contributed by atoms with van der Waals surface area (Å²) < 4.78 is 11.3. The van der Waals surface area contributed by atoms with Crippen molar-refractivity contribution in [2.75, 3.05) is 57.9 Å². The van der Waals surface area contributed by atoms with E-state index in [1.807, 2.05) is 12.1 Å². The first-order chi connectivity index (χ1) is 19.0. The molecule has 2 aromatic rings. The number of hydrogen-bond donors (Lipinski definition) is 1. The van der Waals surface area contributed by atoms with Crippen molar-refractivity contribution in [3.8, 4) is 5.75 Å². The van der Waals surface area contributed by atoms with Crippen LogP contribution in [0.1, 0.15) is 66.4 Å². The van der Waals surface area contributed by atoms with Crippen LogP contribution in [0, 0.1) is 0 Å². The number of nitrogens with zero attached hydrogens (tertiary/aromatic N) is 3. The average Bonchev–Trinajstić information content (AvgIpc) is 3.43. The Morgan fingerprint density at radius 2 is 1.59 bits per heavy atom. The van der Waals surface area contributed by atoms with Crippen LogP contribution in [0.25, 0.3) is 0 Å². The summed E-state index contributed by atoms with van der Waals surface area (Å²) in [7, 11) is 1.52. The summed E-state index contributed by atoms with van der Waals surface area (Å²) in [6.07, 6.45) is 7.85. The number of anilines is 1. The van der Waals surface area contributed by atoms with Gasteiger partial charge in [-0.25, -0.2) is 4.79 Å². The van der Waals surface area contributed by atoms with Crippen LogP contribution in [0.2, 0.25) is 0 Å². The van der Waals surface area contributed by atoms with E-state index in [-0.39, 0.29) is 18.1 Å². The smallest absolute Gasteiger partial charge is 0.335 e. The zero-order chi connectivity index (χ0) is 27.5. The van der Waals surface area contributed by atoms with Crippen LogP contribution in [0.5, 0.6) is 5.75 Å². The van der Waals surface area contributed by atoms with Crippen molar-refractivity contribution in [1.29, 1.82) is 0 Å². The SMILES string of the molecule is COCC(=O)N1CCCCCCCN(Cc2cccc(OCCN3CCCC3)c2)Cc2cc(C(=O)O)ccc21. The van der Waals surface area contributed by atoms with Gasteiger partial charge in [-0.15, -0.1) is 0 Å². The first-order valence-corrected chi connectivity index (χ1v) is 14.4. The normalized spacial score (nSPS) is 17.7. The highest BCUT2D eigenvalue weighted by atomic mass is 16.5. The number of fused-ring (bicyclic) bond motifs is 1. The fourth-order valence-corrected chi connectivity index (χ4v) is 5.57. The zero-order valence-corrected chi connectivity index (χ0v) is 23.3. The van der Waals surface area contributed by atoms with E-state index in [0.717, 1.165) is 80.8 Å². The van der Waals surface area contributed by atoms with Crippen LogP contribution in [-0.4, -0.2) is 79.8 Å². The molecule has 0 spiro atoms. The summed E-state index contributed by atoms with van der Waals surface area (Å²) in [5.74, 6) is -0.195. The van der Waals surface area contributed by atoms with Crippen molar-refractivity contribution in [3.05, 3.63) is 59.2 Å². The van der Waals surface area contributed by atoms with E-state index in [4.69, 9.17) is 9.47 Å². The van der Waals surface area contributed by atoms with Crippen molar-refractivity contribution in [1.82, 2.24) is 9.80 Å². The Hall–Kier alpha value is -2.94. The fourth-order valence-electron chi connectivity index (χ4n) is 5.57. The number of aromatic carboxylic acids is 1. The first kappa shape index (κ1) is 29.1. The fraction of sp³-hybridized carbons (Fsp3) is 0.548. The van der Waals surface area contributed by atoms with Gasteiger partial charge in [0.15, 0.2) is 0 Å². The van der Waals surface area contributed by atoms with E-state index in [9.17, 15) is 14.7 Å². The summed E-state index contributed by atoms with van der Waals surface area (Å²) >= 11 is 0. The summed E-state index contributed by atoms with van der Waals surface area (Å²) in [6.45, 7) is 6.71. The van der Waals surface area contributed by atoms with Gasteiger partial charge in [-0.2, -0.15) is 0 Å². The van der Waals surface area contributed by atoms with Crippen LogP contribution < -0.4 is 9.64 Å². The summed E-state index contributed by atoms with van der Waals surface area (Å²) in [4.78, 5) is 31.4. The van der Waals surface area contributed by atoms with Crippen molar-refractivity contribution in [2.24, 2.45) is 0 Å². The molecule has 1 amide bonds. The van der Waals surface area contributed by atoms with Crippen LogP contribution in [-0.2, 0) is 22.6 Å². The van der Waals surface area contributed by atoms with Gasteiger partial charge in [0, 0.05) is 39.0 Å². The van der Waals surface area contributed by atoms with Crippen molar-refractivity contribution in [3.63, 3.8) is 0 Å². The minimum atomic E-state index is -0.969. The van der Waals surface area contributed by atoms with Gasteiger partial charge in [0.2, 0.25) is 0 Å². The monoisotopic (exact) mass is 537 g/mol. The number of ether oxygens (including phenoxy) is 2. The quantitative estimate of drug-likeness (QED) is 0.492. The number of methoxy groups -OCH3 is 1. The molecule has 212 valence electrons. The maximum absolute atomic E-state index is 13.0. The number of carboxylic acid groups (broad SMARTS) is 1. The summed E-state index contributed by atoms with van der Waals surface area (Å²) in [6, 6.07) is 13.4. The maximum atomic E-state index is 13.0. The minimum Gasteiger partial charge on any atom is -0.492 e. The van der Waals surface area contributed by atoms with Gasteiger partial charge in [0.05, 0.1) is 5.56 Å². The topological polar surface area (TPSA) is 82.6 Å². The molecule has 0 unspecified atom stereocenters. The van der Waals surface area contributed by atoms with Gasteiger partial charge >= 0.3 is 5.97 Å². The Morgan fingerprint density at radius 1 is 0.872 bits per heavy atom. The Morgan fingerprint density at radius 3 is 2.36 bits per heavy atom. The molecule has 0 radical (unpaired) electrons. The van der Waals surface area contributed by atoms with Crippen LogP contribution in [0.3, 0.4) is 0 Å². The lowest BCUT2D eigenvalue weighted by atomic mass is 10.0. The number of benzene rings is 2. The Bertz CT molecular complexity index is 1090. The molecule has 0 atom stereocenters. The number of carbonyl (C=O) groups is 2. The molecular formula is C31H43N3O5.